The zero-order valence-electron chi connectivity index (χ0n) is 20.7. The van der Waals surface area contributed by atoms with Gasteiger partial charge in [-0.15, -0.1) is 5.10 Å². The van der Waals surface area contributed by atoms with Crippen LogP contribution in [-0.4, -0.2) is 15.0 Å². The molecule has 1 aromatic heterocycles. The first-order chi connectivity index (χ1) is 18.3. The molecule has 6 rings (SSSR count). The van der Waals surface area contributed by atoms with Crippen LogP contribution in [0.2, 0.25) is 0 Å². The van der Waals surface area contributed by atoms with Gasteiger partial charge < -0.3 is 0 Å². The van der Waals surface area contributed by atoms with E-state index in [0.29, 0.717) is 0 Å². The van der Waals surface area contributed by atoms with Crippen molar-refractivity contribution in [1.29, 1.82) is 0 Å². The Morgan fingerprint density at radius 1 is 0.541 bits per heavy atom. The van der Waals surface area contributed by atoms with E-state index in [4.69, 9.17) is 10.3 Å². The van der Waals surface area contributed by atoms with Crippen LogP contribution in [0.25, 0.3) is 22.4 Å². The average Bonchev–Trinajstić information content (AvgIpc) is 3.46. The molecule has 0 spiro atoms. The molecule has 0 amide bonds. The van der Waals surface area contributed by atoms with Crippen LogP contribution < -0.4 is 0 Å². The van der Waals surface area contributed by atoms with Crippen molar-refractivity contribution in [1.82, 2.24) is 15.0 Å². The van der Waals surface area contributed by atoms with Gasteiger partial charge in [0.1, 0.15) is 11.2 Å². The molecule has 6 aromatic rings. The molecule has 0 bridgehead atoms. The number of aromatic nitrogens is 3. The second-order valence-electron chi connectivity index (χ2n) is 9.27. The van der Waals surface area contributed by atoms with Crippen molar-refractivity contribution < 1.29 is 0 Å². The Morgan fingerprint density at radius 2 is 1.03 bits per heavy atom. The van der Waals surface area contributed by atoms with Crippen molar-refractivity contribution in [2.24, 2.45) is 0 Å². The third kappa shape index (κ3) is 4.05. The Bertz CT molecular complexity index is 1510. The van der Waals surface area contributed by atoms with Crippen LogP contribution in [0, 0.1) is 6.92 Å². The first-order valence-electron chi connectivity index (χ1n) is 12.5. The molecule has 37 heavy (non-hydrogen) atoms. The second kappa shape index (κ2) is 9.71. The highest BCUT2D eigenvalue weighted by Crippen LogP contribution is 2.41. The number of hydrogen-bond acceptors (Lipinski definition) is 2. The van der Waals surface area contributed by atoms with Gasteiger partial charge in [0.2, 0.25) is 0 Å². The summed E-state index contributed by atoms with van der Waals surface area (Å²) in [5, 5.41) is 9.59. The Labute approximate surface area is 217 Å². The summed E-state index contributed by atoms with van der Waals surface area (Å²) >= 11 is 0. The lowest BCUT2D eigenvalue weighted by Crippen LogP contribution is -2.38. The summed E-state index contributed by atoms with van der Waals surface area (Å²) in [4.78, 5) is 0. The molecule has 3 heteroatoms. The minimum Gasteiger partial charge on any atom is -0.232 e. The van der Waals surface area contributed by atoms with Crippen LogP contribution in [-0.2, 0) is 5.54 Å². The van der Waals surface area contributed by atoms with Gasteiger partial charge >= 0.3 is 0 Å². The van der Waals surface area contributed by atoms with Crippen molar-refractivity contribution in [2.45, 2.75) is 12.5 Å². The lowest BCUT2D eigenvalue weighted by Gasteiger charge is -2.35. The van der Waals surface area contributed by atoms with Crippen molar-refractivity contribution >= 4 is 0 Å². The van der Waals surface area contributed by atoms with Gasteiger partial charge in [0.05, 0.1) is 6.20 Å². The minimum absolute atomic E-state index is 0.689. The first-order valence-corrected chi connectivity index (χ1v) is 12.5. The first kappa shape index (κ1) is 22.7. The molecule has 0 atom stereocenters. The summed E-state index contributed by atoms with van der Waals surface area (Å²) in [6, 6.07) is 48.7. The predicted molar refractivity (Wildman–Crippen MR) is 150 cm³/mol. The quantitative estimate of drug-likeness (QED) is 0.230. The normalized spacial score (nSPS) is 11.4. The molecule has 0 fully saturated rings. The Morgan fingerprint density at radius 3 is 1.54 bits per heavy atom. The van der Waals surface area contributed by atoms with Crippen LogP contribution >= 0.6 is 0 Å². The van der Waals surface area contributed by atoms with Gasteiger partial charge in [-0.05, 0) is 40.8 Å². The molecule has 0 N–H and O–H groups in total. The number of nitrogens with zero attached hydrogens (tertiary/aromatic N) is 3. The van der Waals surface area contributed by atoms with E-state index >= 15 is 0 Å². The van der Waals surface area contributed by atoms with E-state index in [1.165, 1.54) is 5.56 Å². The zero-order valence-corrected chi connectivity index (χ0v) is 20.7. The maximum absolute atomic E-state index is 4.83. The van der Waals surface area contributed by atoms with E-state index in [0.717, 1.165) is 39.1 Å². The molecule has 0 aliphatic carbocycles. The van der Waals surface area contributed by atoms with E-state index in [1.54, 1.807) is 0 Å². The number of aryl methyl sites for hydroxylation is 1. The maximum atomic E-state index is 4.83. The van der Waals surface area contributed by atoms with Gasteiger partial charge in [-0.2, -0.15) is 0 Å². The monoisotopic (exact) mass is 477 g/mol. The summed E-state index contributed by atoms with van der Waals surface area (Å²) in [5.41, 5.74) is 8.07. The summed E-state index contributed by atoms with van der Waals surface area (Å²) in [6.45, 7) is 2.12. The Kier molecular flexibility index (Phi) is 5.95. The van der Waals surface area contributed by atoms with E-state index in [2.05, 4.69) is 147 Å². The van der Waals surface area contributed by atoms with E-state index in [1.807, 2.05) is 10.7 Å². The van der Waals surface area contributed by atoms with E-state index < -0.39 is 5.54 Å². The van der Waals surface area contributed by atoms with Gasteiger partial charge in [0.25, 0.3) is 0 Å². The van der Waals surface area contributed by atoms with Gasteiger partial charge in [0, 0.05) is 5.56 Å². The van der Waals surface area contributed by atoms with E-state index in [9.17, 15) is 0 Å². The largest absolute Gasteiger partial charge is 0.232 e. The second-order valence-corrected chi connectivity index (χ2v) is 9.27. The summed E-state index contributed by atoms with van der Waals surface area (Å²) < 4.78 is 2.03. The van der Waals surface area contributed by atoms with E-state index in [-0.39, 0.29) is 0 Å². The van der Waals surface area contributed by atoms with Crippen LogP contribution in [0.4, 0.5) is 0 Å². The molecule has 3 nitrogen and oxygen atoms in total. The van der Waals surface area contributed by atoms with Crippen LogP contribution in [0.15, 0.2) is 146 Å². The van der Waals surface area contributed by atoms with Crippen LogP contribution in [0.1, 0.15) is 22.3 Å². The third-order valence-electron chi connectivity index (χ3n) is 6.95. The highest BCUT2D eigenvalue weighted by atomic mass is 15.5. The summed E-state index contributed by atoms with van der Waals surface area (Å²) in [5.74, 6) is 0. The number of benzene rings is 5. The standard InChI is InChI=1S/C34H27N3/c1-26-22-23-31(27-14-6-2-7-15-27)32(24-26)33-25-37(36-35-33)34(28-16-8-3-9-17-28,29-18-10-4-11-19-29)30-20-12-5-13-21-30/h2-25H,1H3. The predicted octanol–water partition coefficient (Wildman–Crippen LogP) is 7.76. The number of hydrogen-bond donors (Lipinski definition) is 0. The van der Waals surface area contributed by atoms with Crippen molar-refractivity contribution in [2.75, 3.05) is 0 Å². The highest BCUT2D eigenvalue weighted by molar-refractivity contribution is 5.82. The lowest BCUT2D eigenvalue weighted by molar-refractivity contribution is 0.446. The Hall–Kier alpha value is -4.76. The van der Waals surface area contributed by atoms with Crippen LogP contribution in [0.5, 0.6) is 0 Å². The fourth-order valence-electron chi connectivity index (χ4n) is 5.23. The molecule has 1 heterocycles. The molecule has 178 valence electrons. The highest BCUT2D eigenvalue weighted by Gasteiger charge is 2.39. The average molecular weight is 478 g/mol. The molecule has 5 aromatic carbocycles. The van der Waals surface area contributed by atoms with Gasteiger partial charge in [-0.25, -0.2) is 4.68 Å². The Balaban J connectivity index is 1.62. The molecule has 0 saturated heterocycles. The van der Waals surface area contributed by atoms with Crippen LogP contribution in [0.3, 0.4) is 0 Å². The lowest BCUT2D eigenvalue weighted by atomic mass is 9.77. The fourth-order valence-corrected chi connectivity index (χ4v) is 5.23. The van der Waals surface area contributed by atoms with Crippen molar-refractivity contribution in [3.05, 3.63) is 168 Å². The summed E-state index contributed by atoms with van der Waals surface area (Å²) in [6.07, 6.45) is 2.09. The summed E-state index contributed by atoms with van der Waals surface area (Å²) in [7, 11) is 0. The molecule has 0 unspecified atom stereocenters. The van der Waals surface area contributed by atoms with Gasteiger partial charge in [-0.1, -0.05) is 144 Å². The van der Waals surface area contributed by atoms with Crippen molar-refractivity contribution in [3.63, 3.8) is 0 Å². The molecule has 0 aliphatic rings. The zero-order chi connectivity index (χ0) is 25.1. The molecule has 0 aliphatic heterocycles. The maximum Gasteiger partial charge on any atom is 0.139 e. The third-order valence-corrected chi connectivity index (χ3v) is 6.95. The smallest absolute Gasteiger partial charge is 0.139 e. The van der Waals surface area contributed by atoms with Crippen molar-refractivity contribution in [3.8, 4) is 22.4 Å². The fraction of sp³-hybridized carbons (Fsp3) is 0.0588. The SMILES string of the molecule is Cc1ccc(-c2ccccc2)c(-c2cn(C(c3ccccc3)(c3ccccc3)c3ccccc3)nn2)c1. The molecular weight excluding hydrogens is 450 g/mol. The molecule has 0 radical (unpaired) electrons. The molecular formula is C34H27N3. The molecule has 0 saturated carbocycles. The number of rotatable bonds is 6. The topological polar surface area (TPSA) is 30.7 Å². The van der Waals surface area contributed by atoms with Gasteiger partial charge in [0.15, 0.2) is 0 Å². The minimum atomic E-state index is -0.689. The van der Waals surface area contributed by atoms with Gasteiger partial charge in [-0.3, -0.25) is 0 Å².